The second-order valence-electron chi connectivity index (χ2n) is 7.68. The smallest absolute Gasteiger partial charge is 0.744 e. The quantitative estimate of drug-likeness (QED) is 0.0936. The third-order valence-corrected chi connectivity index (χ3v) is 8.13. The molecule has 41 heavy (non-hydrogen) atoms. The van der Waals surface area contributed by atoms with Crippen LogP contribution in [0.1, 0.15) is 6.92 Å². The van der Waals surface area contributed by atoms with Gasteiger partial charge in [0, 0.05) is 12.1 Å². The maximum absolute atomic E-state index is 12.9. The fourth-order valence-corrected chi connectivity index (χ4v) is 5.40. The minimum Gasteiger partial charge on any atom is -0.744 e. The van der Waals surface area contributed by atoms with Crippen molar-refractivity contribution < 1.29 is 156 Å². The van der Waals surface area contributed by atoms with Gasteiger partial charge in [0.2, 0.25) is 10.4 Å². The molecule has 0 saturated heterocycles. The van der Waals surface area contributed by atoms with Crippen molar-refractivity contribution in [3.05, 3.63) is 36.4 Å². The van der Waals surface area contributed by atoms with E-state index in [0.29, 0.717) is 0 Å². The van der Waals surface area contributed by atoms with E-state index in [2.05, 4.69) is 19.5 Å². The van der Waals surface area contributed by atoms with E-state index in [4.69, 9.17) is 9.47 Å². The summed E-state index contributed by atoms with van der Waals surface area (Å²) in [5.41, 5.74) is 0.366. The van der Waals surface area contributed by atoms with Crippen LogP contribution in [0, 0.1) is 0 Å². The van der Waals surface area contributed by atoms with E-state index in [1.807, 2.05) is 0 Å². The summed E-state index contributed by atoms with van der Waals surface area (Å²) in [4.78, 5) is 12.0. The van der Waals surface area contributed by atoms with E-state index in [1.54, 1.807) is 0 Å². The number of ether oxygens (including phenoxy) is 2. The van der Waals surface area contributed by atoms with Crippen LogP contribution in [0.25, 0.3) is 0 Å². The number of benzene rings is 2. The van der Waals surface area contributed by atoms with Gasteiger partial charge < -0.3 is 18.6 Å². The van der Waals surface area contributed by atoms with Gasteiger partial charge >= 0.3 is 103 Å². The molecule has 0 N–H and O–H groups in total. The molecule has 1 unspecified atom stereocenters. The topological polar surface area (TPSA) is 234 Å². The molecule has 16 nitrogen and oxygen atoms in total. The number of rotatable bonds is 11. The third-order valence-electron chi connectivity index (χ3n) is 5.13. The fourth-order valence-electron chi connectivity index (χ4n) is 3.28. The van der Waals surface area contributed by atoms with Gasteiger partial charge in [-0.25, -0.2) is 25.3 Å². The van der Waals surface area contributed by atoms with Crippen LogP contribution in [0.3, 0.4) is 0 Å². The van der Waals surface area contributed by atoms with E-state index in [9.17, 15) is 39.2 Å². The van der Waals surface area contributed by atoms with Gasteiger partial charge in [0.15, 0.2) is 15.9 Å². The molecule has 1 aliphatic heterocycles. The average Bonchev–Trinajstić information content (AvgIpc) is 3.13. The molecule has 3 rings (SSSR count). The number of carbonyl (C=O) groups excluding carboxylic acids is 1. The maximum atomic E-state index is 12.9. The van der Waals surface area contributed by atoms with Crippen molar-refractivity contribution in [2.24, 2.45) is 15.3 Å². The van der Waals surface area contributed by atoms with Crippen molar-refractivity contribution >= 4 is 53.3 Å². The number of sulfone groups is 1. The monoisotopic (exact) mass is 682 g/mol. The SMILES string of the molecule is COc1cc(S(=O)(=O)CCOS(=O)(=O)[O-])c(OC)cc1N=NC1C(=O)N(c2ccc(S(=O)(=O)[O-])cc2)N=C1C.[K+].[K+]. The number of hydrogen-bond acceptors (Lipinski definition) is 15. The number of methoxy groups -OCH3 is 2. The van der Waals surface area contributed by atoms with Crippen LogP contribution in [-0.2, 0) is 39.3 Å². The van der Waals surface area contributed by atoms with Crippen LogP contribution in [0.5, 0.6) is 11.5 Å². The molecule has 21 heteroatoms. The Bertz CT molecular complexity index is 1660. The Labute approximate surface area is 321 Å². The summed E-state index contributed by atoms with van der Waals surface area (Å²) < 4.78 is 105. The summed E-state index contributed by atoms with van der Waals surface area (Å²) in [7, 11) is -11.6. The summed E-state index contributed by atoms with van der Waals surface area (Å²) in [6, 6.07) is 5.52. The van der Waals surface area contributed by atoms with Crippen molar-refractivity contribution in [3.8, 4) is 11.5 Å². The zero-order valence-corrected chi connectivity index (χ0v) is 31.1. The predicted octanol–water partition coefficient (Wildman–Crippen LogP) is -5.26. The van der Waals surface area contributed by atoms with Gasteiger partial charge in [-0.05, 0) is 31.2 Å². The van der Waals surface area contributed by atoms with Crippen LogP contribution in [0.15, 0.2) is 61.5 Å². The number of carbonyl (C=O) groups is 1. The standard InChI is InChI=1S/C20H22N4O12S3.2K/c1-12-19(20(25)24(23-12)13-4-6-14(7-5-13)38(28,29)30)22-21-15-10-17(35-3)18(11-16(15)34-2)37(26,27)9-8-36-39(31,32)33;;/h4-7,10-11,19H,8-9H2,1-3H3,(H,28,29,30)(H,31,32,33);;/q;2*+1/p-2. The van der Waals surface area contributed by atoms with E-state index in [0.717, 1.165) is 29.3 Å². The van der Waals surface area contributed by atoms with Gasteiger partial charge in [-0.1, -0.05) is 0 Å². The summed E-state index contributed by atoms with van der Waals surface area (Å²) in [5.74, 6) is -1.82. The minimum absolute atomic E-state index is 0. The Morgan fingerprint density at radius 2 is 1.54 bits per heavy atom. The van der Waals surface area contributed by atoms with E-state index in [-0.39, 0.29) is 131 Å². The first kappa shape index (κ1) is 38.8. The molecule has 0 radical (unpaired) electrons. The van der Waals surface area contributed by atoms with Crippen molar-refractivity contribution in [3.63, 3.8) is 0 Å². The molecule has 0 aromatic heterocycles. The third kappa shape index (κ3) is 10.2. The first-order chi connectivity index (χ1) is 18.1. The van der Waals surface area contributed by atoms with Crippen LogP contribution in [-0.4, -0.2) is 78.6 Å². The molecular formula is C20H20K2N4O12S3. The predicted molar refractivity (Wildman–Crippen MR) is 131 cm³/mol. The van der Waals surface area contributed by atoms with Crippen LogP contribution < -0.4 is 117 Å². The van der Waals surface area contributed by atoms with Crippen LogP contribution in [0.4, 0.5) is 11.4 Å². The molecule has 0 aliphatic carbocycles. The second kappa shape index (κ2) is 15.7. The summed E-state index contributed by atoms with van der Waals surface area (Å²) >= 11 is 0. The first-order valence-electron chi connectivity index (χ1n) is 10.5. The van der Waals surface area contributed by atoms with E-state index < -0.39 is 64.5 Å². The van der Waals surface area contributed by atoms with Crippen molar-refractivity contribution in [1.29, 1.82) is 0 Å². The first-order valence-corrected chi connectivity index (χ1v) is 14.9. The number of amides is 1. The Balaban J connectivity index is 0.00000420. The molecule has 1 atom stereocenters. The Hall–Kier alpha value is -0.217. The van der Waals surface area contributed by atoms with Gasteiger partial charge in [-0.2, -0.15) is 20.3 Å². The van der Waals surface area contributed by atoms with Crippen molar-refractivity contribution in [2.75, 3.05) is 31.6 Å². The van der Waals surface area contributed by atoms with Gasteiger partial charge in [0.1, 0.15) is 32.2 Å². The minimum atomic E-state index is -5.09. The van der Waals surface area contributed by atoms with E-state index >= 15 is 0 Å². The molecule has 0 spiro atoms. The molecule has 1 aliphatic rings. The largest absolute Gasteiger partial charge is 1.00 e. The Morgan fingerprint density at radius 3 is 2.05 bits per heavy atom. The number of nitrogens with zero attached hydrogens (tertiary/aromatic N) is 4. The fraction of sp³-hybridized carbons (Fsp3) is 0.300. The molecule has 2 aromatic carbocycles. The molecule has 1 heterocycles. The molecule has 0 saturated carbocycles. The van der Waals surface area contributed by atoms with Crippen LogP contribution >= 0.6 is 0 Å². The molecule has 212 valence electrons. The molecular weight excluding hydrogens is 663 g/mol. The normalized spacial score (nSPS) is 15.7. The molecule has 0 fully saturated rings. The average molecular weight is 683 g/mol. The second-order valence-corrected chi connectivity index (χ2v) is 12.2. The zero-order valence-electron chi connectivity index (χ0n) is 22.4. The Kier molecular flexibility index (Phi) is 14.8. The number of hydrogen-bond donors (Lipinski definition) is 0. The van der Waals surface area contributed by atoms with Crippen molar-refractivity contribution in [1.82, 2.24) is 0 Å². The number of hydrazone groups is 1. The zero-order chi connectivity index (χ0) is 29.2. The summed E-state index contributed by atoms with van der Waals surface area (Å²) in [5, 5.41) is 13.0. The molecule has 2 aromatic rings. The van der Waals surface area contributed by atoms with Gasteiger partial charge in [-0.15, -0.1) is 0 Å². The molecule has 1 amide bonds. The van der Waals surface area contributed by atoms with Crippen molar-refractivity contribution in [2.45, 2.75) is 22.8 Å². The summed E-state index contributed by atoms with van der Waals surface area (Å²) in [6.07, 6.45) is 0. The molecule has 0 bridgehead atoms. The number of azo groups is 1. The van der Waals surface area contributed by atoms with Gasteiger partial charge in [-0.3, -0.25) is 8.98 Å². The Morgan fingerprint density at radius 1 is 0.951 bits per heavy atom. The maximum Gasteiger partial charge on any atom is 1.00 e. The van der Waals surface area contributed by atoms with Gasteiger partial charge in [0.25, 0.3) is 5.91 Å². The number of anilines is 1. The van der Waals surface area contributed by atoms with E-state index in [1.165, 1.54) is 33.3 Å². The summed E-state index contributed by atoms with van der Waals surface area (Å²) in [6.45, 7) is 0.575. The van der Waals surface area contributed by atoms with Crippen LogP contribution in [0.2, 0.25) is 0 Å². The van der Waals surface area contributed by atoms with Gasteiger partial charge in [0.05, 0.1) is 42.9 Å².